The molecule has 1 aliphatic rings. The fourth-order valence-corrected chi connectivity index (χ4v) is 3.07. The van der Waals surface area contributed by atoms with Crippen molar-refractivity contribution in [1.29, 1.82) is 0 Å². The molecule has 24 heavy (non-hydrogen) atoms. The van der Waals surface area contributed by atoms with E-state index in [4.69, 9.17) is 0 Å². The lowest BCUT2D eigenvalue weighted by atomic mass is 9.97. The standard InChI is InChI=1S/C19H19FN2O2/c1-13(23)22-12-15(17-4-2-3-5-18(17)22)10-19(24)21-11-14-6-8-16(20)9-7-14/h2-9,15H,10-12H2,1H3,(H,21,24). The molecule has 0 radical (unpaired) electrons. The monoisotopic (exact) mass is 326 g/mol. The molecule has 0 spiro atoms. The number of fused-ring (bicyclic) bond motifs is 1. The number of benzene rings is 2. The molecule has 1 heterocycles. The molecule has 0 aromatic heterocycles. The van der Waals surface area contributed by atoms with E-state index in [0.717, 1.165) is 16.8 Å². The largest absolute Gasteiger partial charge is 0.352 e. The summed E-state index contributed by atoms with van der Waals surface area (Å²) in [4.78, 5) is 25.7. The van der Waals surface area contributed by atoms with E-state index in [2.05, 4.69) is 5.32 Å². The smallest absolute Gasteiger partial charge is 0.223 e. The van der Waals surface area contributed by atoms with Gasteiger partial charge in [0.1, 0.15) is 5.82 Å². The van der Waals surface area contributed by atoms with Crippen molar-refractivity contribution in [2.45, 2.75) is 25.8 Å². The number of nitrogens with one attached hydrogen (secondary N) is 1. The molecule has 5 heteroatoms. The van der Waals surface area contributed by atoms with Gasteiger partial charge in [0.2, 0.25) is 11.8 Å². The Bertz CT molecular complexity index is 758. The summed E-state index contributed by atoms with van der Waals surface area (Å²) in [6.07, 6.45) is 0.321. The fourth-order valence-electron chi connectivity index (χ4n) is 3.07. The molecule has 2 aromatic carbocycles. The third kappa shape index (κ3) is 3.45. The second-order valence-electron chi connectivity index (χ2n) is 5.99. The molecule has 3 rings (SSSR count). The highest BCUT2D eigenvalue weighted by molar-refractivity contribution is 5.94. The number of rotatable bonds is 4. The lowest BCUT2D eigenvalue weighted by molar-refractivity contribution is -0.122. The molecule has 0 bridgehead atoms. The summed E-state index contributed by atoms with van der Waals surface area (Å²) >= 11 is 0. The topological polar surface area (TPSA) is 49.4 Å². The van der Waals surface area contributed by atoms with Crippen molar-refractivity contribution < 1.29 is 14.0 Å². The van der Waals surface area contributed by atoms with Crippen LogP contribution in [0.4, 0.5) is 10.1 Å². The molecule has 124 valence electrons. The zero-order chi connectivity index (χ0) is 17.1. The van der Waals surface area contributed by atoms with Crippen LogP contribution in [-0.2, 0) is 16.1 Å². The molecule has 4 nitrogen and oxygen atoms in total. The van der Waals surface area contributed by atoms with Crippen LogP contribution in [-0.4, -0.2) is 18.4 Å². The maximum absolute atomic E-state index is 12.9. The first kappa shape index (κ1) is 16.2. The zero-order valence-electron chi connectivity index (χ0n) is 13.5. The van der Waals surface area contributed by atoms with E-state index < -0.39 is 0 Å². The van der Waals surface area contributed by atoms with Gasteiger partial charge < -0.3 is 10.2 Å². The van der Waals surface area contributed by atoms with Gasteiger partial charge in [0, 0.05) is 38.0 Å². The van der Waals surface area contributed by atoms with Crippen LogP contribution >= 0.6 is 0 Å². The number of carbonyl (C=O) groups is 2. The van der Waals surface area contributed by atoms with E-state index >= 15 is 0 Å². The van der Waals surface area contributed by atoms with Crippen molar-refractivity contribution in [3.63, 3.8) is 0 Å². The summed E-state index contributed by atoms with van der Waals surface area (Å²) in [5, 5.41) is 2.86. The van der Waals surface area contributed by atoms with Crippen LogP contribution in [0.1, 0.15) is 30.4 Å². The van der Waals surface area contributed by atoms with Gasteiger partial charge in [-0.05, 0) is 29.3 Å². The van der Waals surface area contributed by atoms with Gasteiger partial charge in [-0.2, -0.15) is 0 Å². The first-order valence-electron chi connectivity index (χ1n) is 7.93. The van der Waals surface area contributed by atoms with Crippen LogP contribution in [0.3, 0.4) is 0 Å². The Hall–Kier alpha value is -2.69. The number of hydrogen-bond donors (Lipinski definition) is 1. The van der Waals surface area contributed by atoms with Crippen molar-refractivity contribution in [3.8, 4) is 0 Å². The van der Waals surface area contributed by atoms with E-state index in [1.165, 1.54) is 19.1 Å². The molecule has 1 aliphatic heterocycles. The van der Waals surface area contributed by atoms with Gasteiger partial charge >= 0.3 is 0 Å². The minimum Gasteiger partial charge on any atom is -0.352 e. The molecule has 0 aliphatic carbocycles. The Morgan fingerprint density at radius 1 is 1.17 bits per heavy atom. The molecule has 0 saturated carbocycles. The molecule has 2 aromatic rings. The summed E-state index contributed by atoms with van der Waals surface area (Å²) in [7, 11) is 0. The summed E-state index contributed by atoms with van der Waals surface area (Å²) in [6, 6.07) is 13.7. The lowest BCUT2D eigenvalue weighted by Gasteiger charge is -2.15. The minimum atomic E-state index is -0.294. The van der Waals surface area contributed by atoms with Crippen LogP contribution < -0.4 is 10.2 Å². The van der Waals surface area contributed by atoms with E-state index in [1.54, 1.807) is 17.0 Å². The number of carbonyl (C=O) groups excluding carboxylic acids is 2. The maximum atomic E-state index is 12.9. The molecule has 1 N–H and O–H groups in total. The van der Waals surface area contributed by atoms with Gasteiger partial charge in [0.25, 0.3) is 0 Å². The van der Waals surface area contributed by atoms with Crippen LogP contribution in [0, 0.1) is 5.82 Å². The summed E-state index contributed by atoms with van der Waals surface area (Å²) in [6.45, 7) is 2.43. The number of amides is 2. The Kier molecular flexibility index (Phi) is 4.60. The number of nitrogens with zero attached hydrogens (tertiary/aromatic N) is 1. The van der Waals surface area contributed by atoms with Gasteiger partial charge in [0.05, 0.1) is 0 Å². The highest BCUT2D eigenvalue weighted by Gasteiger charge is 2.31. The summed E-state index contributed by atoms with van der Waals surface area (Å²) in [5.41, 5.74) is 2.77. The molecule has 2 amide bonds. The average molecular weight is 326 g/mol. The second kappa shape index (κ2) is 6.83. The molecule has 0 fully saturated rings. The average Bonchev–Trinajstić information content (AvgIpc) is 2.93. The van der Waals surface area contributed by atoms with Crippen molar-refractivity contribution in [2.75, 3.05) is 11.4 Å². The van der Waals surface area contributed by atoms with Gasteiger partial charge in [-0.3, -0.25) is 9.59 Å². The van der Waals surface area contributed by atoms with Crippen molar-refractivity contribution in [1.82, 2.24) is 5.32 Å². The number of halogens is 1. The van der Waals surface area contributed by atoms with Crippen LogP contribution in [0.25, 0.3) is 0 Å². The Morgan fingerprint density at radius 3 is 2.58 bits per heavy atom. The van der Waals surface area contributed by atoms with Crippen molar-refractivity contribution in [2.24, 2.45) is 0 Å². The SMILES string of the molecule is CC(=O)N1CC(CC(=O)NCc2ccc(F)cc2)c2ccccc21. The fraction of sp³-hybridized carbons (Fsp3) is 0.263. The molecule has 0 saturated heterocycles. The second-order valence-corrected chi connectivity index (χ2v) is 5.99. The van der Waals surface area contributed by atoms with Gasteiger partial charge in [0.15, 0.2) is 0 Å². The molecule has 1 atom stereocenters. The number of hydrogen-bond acceptors (Lipinski definition) is 2. The Morgan fingerprint density at radius 2 is 1.88 bits per heavy atom. The first-order valence-corrected chi connectivity index (χ1v) is 7.93. The summed E-state index contributed by atoms with van der Waals surface area (Å²) < 4.78 is 12.9. The molecular weight excluding hydrogens is 307 g/mol. The number of para-hydroxylation sites is 1. The predicted molar refractivity (Wildman–Crippen MR) is 90.1 cm³/mol. The number of anilines is 1. The van der Waals surface area contributed by atoms with Gasteiger partial charge in [-0.25, -0.2) is 4.39 Å². The maximum Gasteiger partial charge on any atom is 0.223 e. The molecular formula is C19H19FN2O2. The van der Waals surface area contributed by atoms with Crippen LogP contribution in [0.2, 0.25) is 0 Å². The quantitative estimate of drug-likeness (QED) is 0.939. The minimum absolute atomic E-state index is 0.00156. The highest BCUT2D eigenvalue weighted by Crippen LogP contribution is 2.37. The predicted octanol–water partition coefficient (Wildman–Crippen LogP) is 2.98. The van der Waals surface area contributed by atoms with E-state index in [1.807, 2.05) is 24.3 Å². The van der Waals surface area contributed by atoms with Gasteiger partial charge in [-0.1, -0.05) is 30.3 Å². The third-order valence-electron chi connectivity index (χ3n) is 4.29. The Balaban J connectivity index is 1.62. The van der Waals surface area contributed by atoms with Crippen molar-refractivity contribution >= 4 is 17.5 Å². The first-order chi connectivity index (χ1) is 11.5. The van der Waals surface area contributed by atoms with Crippen molar-refractivity contribution in [3.05, 3.63) is 65.5 Å². The van der Waals surface area contributed by atoms with E-state index in [0.29, 0.717) is 19.5 Å². The highest BCUT2D eigenvalue weighted by atomic mass is 19.1. The zero-order valence-corrected chi connectivity index (χ0v) is 13.5. The molecule has 1 unspecified atom stereocenters. The van der Waals surface area contributed by atoms with E-state index in [-0.39, 0.29) is 23.5 Å². The third-order valence-corrected chi connectivity index (χ3v) is 4.29. The van der Waals surface area contributed by atoms with Crippen LogP contribution in [0.5, 0.6) is 0 Å². The summed E-state index contributed by atoms with van der Waals surface area (Å²) in [5.74, 6) is -0.392. The van der Waals surface area contributed by atoms with Gasteiger partial charge in [-0.15, -0.1) is 0 Å². The normalized spacial score (nSPS) is 15.9. The Labute approximate surface area is 140 Å². The lowest BCUT2D eigenvalue weighted by Crippen LogP contribution is -2.29. The van der Waals surface area contributed by atoms with Crippen LogP contribution in [0.15, 0.2) is 48.5 Å². The van der Waals surface area contributed by atoms with E-state index in [9.17, 15) is 14.0 Å².